The van der Waals surface area contributed by atoms with Gasteiger partial charge in [-0.1, -0.05) is 182 Å². The minimum atomic E-state index is -2.84. The summed E-state index contributed by atoms with van der Waals surface area (Å²) in [5, 5.41) is 10.2. The number of nitrogens with zero attached hydrogens (tertiary/aromatic N) is 2. The van der Waals surface area contributed by atoms with Crippen LogP contribution in [-0.2, 0) is 0 Å². The molecule has 0 unspecified atom stereocenters. The minimum absolute atomic E-state index is 1.11. The summed E-state index contributed by atoms with van der Waals surface area (Å²) in [5.74, 6) is 0. The first-order valence-corrected chi connectivity index (χ1v) is 22.3. The number of rotatable bonds is 10. The van der Waals surface area contributed by atoms with Gasteiger partial charge >= 0.3 is 0 Å². The maximum absolute atomic E-state index is 2.84. The normalized spacial score (nSPS) is 11.4. The lowest BCUT2D eigenvalue weighted by molar-refractivity contribution is 1.29. The third-order valence-corrected chi connectivity index (χ3v) is 16.3. The van der Waals surface area contributed by atoms with Crippen LogP contribution in [0.25, 0.3) is 21.5 Å². The average Bonchev–Trinajstić information content (AvgIpc) is 3.32. The Hall–Kier alpha value is -7.46. The first-order chi connectivity index (χ1) is 29.3. The van der Waals surface area contributed by atoms with Gasteiger partial charge in [-0.25, -0.2) is 0 Å². The molecule has 0 aromatic heterocycles. The second-order valence-electron chi connectivity index (χ2n) is 15.0. The van der Waals surface area contributed by atoms with E-state index in [4.69, 9.17) is 0 Å². The van der Waals surface area contributed by atoms with Crippen LogP contribution >= 0.6 is 0 Å². The standard InChI is InChI=1S/C56H42N2Si/c1-5-21-47(22-6-1)57(51-31-29-43-17-13-15-19-45(43)41-51)49-33-37-55(38-34-49)59(53-25-9-3-10-26-53,54-27-11-4-12-28-54)56-39-35-50(36-40-56)58(48-23-7-2-8-24-48)52-32-30-44-18-14-16-20-46(44)42-52/h1-42H. The van der Waals surface area contributed by atoms with Gasteiger partial charge in [-0.05, 0) is 115 Å². The average molecular weight is 771 g/mol. The molecule has 10 aromatic carbocycles. The van der Waals surface area contributed by atoms with Crippen LogP contribution < -0.4 is 30.5 Å². The molecule has 0 saturated heterocycles. The summed E-state index contributed by atoms with van der Waals surface area (Å²) >= 11 is 0. The predicted octanol–water partition coefficient (Wildman–Crippen LogP) is 12.3. The summed E-state index contributed by atoms with van der Waals surface area (Å²) in [4.78, 5) is 4.73. The van der Waals surface area contributed by atoms with Crippen LogP contribution in [0.5, 0.6) is 0 Å². The first kappa shape index (κ1) is 35.9. The third kappa shape index (κ3) is 6.78. The van der Waals surface area contributed by atoms with Crippen LogP contribution in [0.4, 0.5) is 34.1 Å². The van der Waals surface area contributed by atoms with E-state index in [0.29, 0.717) is 0 Å². The fourth-order valence-electron chi connectivity index (χ4n) is 8.78. The van der Waals surface area contributed by atoms with Gasteiger partial charge in [0.25, 0.3) is 0 Å². The Kier molecular flexibility index (Phi) is 9.63. The van der Waals surface area contributed by atoms with Gasteiger partial charge in [0.2, 0.25) is 0 Å². The largest absolute Gasteiger partial charge is 0.310 e. The Morgan fingerprint density at radius 1 is 0.203 bits per heavy atom. The van der Waals surface area contributed by atoms with E-state index in [1.807, 2.05) is 0 Å². The van der Waals surface area contributed by atoms with Crippen LogP contribution in [0, 0.1) is 0 Å². The Bertz CT molecular complexity index is 2760. The molecular formula is C56H42N2Si. The molecule has 59 heavy (non-hydrogen) atoms. The molecule has 0 amide bonds. The number of fused-ring (bicyclic) bond motifs is 2. The van der Waals surface area contributed by atoms with Crippen molar-refractivity contribution in [3.05, 3.63) is 255 Å². The van der Waals surface area contributed by atoms with Crippen molar-refractivity contribution < 1.29 is 0 Å². The molecule has 2 nitrogen and oxygen atoms in total. The topological polar surface area (TPSA) is 6.48 Å². The highest BCUT2D eigenvalue weighted by Gasteiger charge is 2.41. The molecule has 0 atom stereocenters. The van der Waals surface area contributed by atoms with Crippen molar-refractivity contribution in [3.63, 3.8) is 0 Å². The van der Waals surface area contributed by atoms with E-state index in [-0.39, 0.29) is 0 Å². The van der Waals surface area contributed by atoms with E-state index in [9.17, 15) is 0 Å². The van der Waals surface area contributed by atoms with Crippen LogP contribution in [0.15, 0.2) is 255 Å². The van der Waals surface area contributed by atoms with Gasteiger partial charge in [0, 0.05) is 34.1 Å². The number of para-hydroxylation sites is 2. The summed E-state index contributed by atoms with van der Waals surface area (Å²) in [7, 11) is -2.84. The molecule has 10 aromatic rings. The van der Waals surface area contributed by atoms with E-state index in [1.54, 1.807) is 0 Å². The zero-order valence-corrected chi connectivity index (χ0v) is 33.6. The summed E-state index contributed by atoms with van der Waals surface area (Å²) in [6.07, 6.45) is 0. The molecule has 0 spiro atoms. The maximum atomic E-state index is 2.39. The van der Waals surface area contributed by atoms with Crippen molar-refractivity contribution in [3.8, 4) is 0 Å². The second kappa shape index (κ2) is 15.8. The van der Waals surface area contributed by atoms with Crippen molar-refractivity contribution in [2.45, 2.75) is 0 Å². The molecule has 0 aliphatic carbocycles. The zero-order valence-electron chi connectivity index (χ0n) is 32.6. The molecule has 10 rings (SSSR count). The lowest BCUT2D eigenvalue weighted by Crippen LogP contribution is -2.74. The highest BCUT2D eigenvalue weighted by atomic mass is 28.3. The molecular weight excluding hydrogens is 729 g/mol. The number of benzene rings is 10. The van der Waals surface area contributed by atoms with Gasteiger partial charge in [0.05, 0.1) is 0 Å². The number of anilines is 6. The molecule has 0 bridgehead atoms. The lowest BCUT2D eigenvalue weighted by Gasteiger charge is -2.35. The summed E-state index contributed by atoms with van der Waals surface area (Å²) in [6, 6.07) is 93.2. The summed E-state index contributed by atoms with van der Waals surface area (Å²) in [5.41, 5.74) is 6.72. The maximum Gasteiger partial charge on any atom is 0.179 e. The van der Waals surface area contributed by atoms with Gasteiger partial charge in [0.15, 0.2) is 8.07 Å². The van der Waals surface area contributed by atoms with Crippen LogP contribution in [-0.4, -0.2) is 8.07 Å². The number of hydrogen-bond donors (Lipinski definition) is 0. The van der Waals surface area contributed by atoms with Gasteiger partial charge < -0.3 is 9.80 Å². The Morgan fingerprint density at radius 3 is 0.847 bits per heavy atom. The summed E-state index contributed by atoms with van der Waals surface area (Å²) in [6.45, 7) is 0. The van der Waals surface area contributed by atoms with E-state index in [0.717, 1.165) is 34.1 Å². The van der Waals surface area contributed by atoms with Crippen molar-refractivity contribution in [1.82, 2.24) is 0 Å². The molecule has 3 heteroatoms. The molecule has 0 saturated carbocycles. The van der Waals surface area contributed by atoms with Crippen molar-refractivity contribution in [2.75, 3.05) is 9.80 Å². The van der Waals surface area contributed by atoms with Crippen LogP contribution in [0.3, 0.4) is 0 Å². The quantitative estimate of drug-likeness (QED) is 0.101. The fraction of sp³-hybridized carbons (Fsp3) is 0. The highest BCUT2D eigenvalue weighted by Crippen LogP contribution is 2.37. The van der Waals surface area contributed by atoms with Crippen LogP contribution in [0.2, 0.25) is 0 Å². The van der Waals surface area contributed by atoms with E-state index in [2.05, 4.69) is 265 Å². The first-order valence-electron chi connectivity index (χ1n) is 20.3. The van der Waals surface area contributed by atoms with Gasteiger partial charge in [-0.15, -0.1) is 0 Å². The van der Waals surface area contributed by atoms with Gasteiger partial charge in [0.1, 0.15) is 0 Å². The van der Waals surface area contributed by atoms with Crippen LogP contribution in [0.1, 0.15) is 0 Å². The van der Waals surface area contributed by atoms with E-state index in [1.165, 1.54) is 42.3 Å². The predicted molar refractivity (Wildman–Crippen MR) is 254 cm³/mol. The van der Waals surface area contributed by atoms with E-state index < -0.39 is 8.07 Å². The van der Waals surface area contributed by atoms with Crippen molar-refractivity contribution in [1.29, 1.82) is 0 Å². The monoisotopic (exact) mass is 770 g/mol. The Labute approximate surface area is 347 Å². The molecule has 0 aliphatic rings. The SMILES string of the molecule is c1ccc(N(c2ccc([Si](c3ccccc3)(c3ccccc3)c3ccc(N(c4ccccc4)c4ccc5ccccc5c4)cc3)cc2)c2ccc3ccccc3c2)cc1. The molecule has 0 heterocycles. The molecule has 0 fully saturated rings. The molecule has 0 radical (unpaired) electrons. The van der Waals surface area contributed by atoms with Crippen molar-refractivity contribution >= 4 is 84.5 Å². The third-order valence-electron chi connectivity index (χ3n) is 11.5. The minimum Gasteiger partial charge on any atom is -0.310 e. The van der Waals surface area contributed by atoms with E-state index >= 15 is 0 Å². The number of hydrogen-bond acceptors (Lipinski definition) is 2. The zero-order chi connectivity index (χ0) is 39.4. The van der Waals surface area contributed by atoms with Crippen molar-refractivity contribution in [2.24, 2.45) is 0 Å². The molecule has 0 aliphatic heterocycles. The molecule has 280 valence electrons. The fourth-order valence-corrected chi connectivity index (χ4v) is 13.5. The summed E-state index contributed by atoms with van der Waals surface area (Å²) < 4.78 is 0. The highest BCUT2D eigenvalue weighted by molar-refractivity contribution is 7.19. The Balaban J connectivity index is 1.13. The van der Waals surface area contributed by atoms with Gasteiger partial charge in [-0.3, -0.25) is 0 Å². The molecule has 0 N–H and O–H groups in total. The Morgan fingerprint density at radius 2 is 0.475 bits per heavy atom. The second-order valence-corrected chi connectivity index (χ2v) is 18.8. The van der Waals surface area contributed by atoms with Gasteiger partial charge in [-0.2, -0.15) is 0 Å². The smallest absolute Gasteiger partial charge is 0.179 e. The lowest BCUT2D eigenvalue weighted by atomic mass is 10.1.